The van der Waals surface area contributed by atoms with Crippen LogP contribution in [0.3, 0.4) is 0 Å². The molecule has 0 aliphatic heterocycles. The lowest BCUT2D eigenvalue weighted by Gasteiger charge is -2.18. The molecule has 0 aliphatic carbocycles. The first-order valence-electron chi connectivity index (χ1n) is 6.48. The zero-order valence-electron chi connectivity index (χ0n) is 12.0. The van der Waals surface area contributed by atoms with Gasteiger partial charge in [0.2, 0.25) is 5.91 Å². The third-order valence-electron chi connectivity index (χ3n) is 3.08. The highest BCUT2D eigenvalue weighted by molar-refractivity contribution is 5.84. The summed E-state index contributed by atoms with van der Waals surface area (Å²) >= 11 is 0. The van der Waals surface area contributed by atoms with E-state index in [2.05, 4.69) is 5.32 Å². The number of rotatable bonds is 6. The van der Waals surface area contributed by atoms with Crippen molar-refractivity contribution in [3.8, 4) is 11.5 Å². The molecule has 1 unspecified atom stereocenters. The van der Waals surface area contributed by atoms with Crippen LogP contribution in [0.2, 0.25) is 0 Å². The molecule has 110 valence electrons. The highest BCUT2D eigenvalue weighted by Crippen LogP contribution is 2.28. The van der Waals surface area contributed by atoms with Crippen molar-refractivity contribution in [2.24, 2.45) is 5.73 Å². The number of primary amides is 1. The van der Waals surface area contributed by atoms with Crippen LogP contribution in [-0.2, 0) is 4.79 Å². The Hall–Kier alpha value is -2.69. The number of amides is 1. The number of ether oxygens (including phenoxy) is 2. The summed E-state index contributed by atoms with van der Waals surface area (Å²) in [6.45, 7) is 0. The molecule has 0 aliphatic rings. The monoisotopic (exact) mass is 286 g/mol. The minimum atomic E-state index is -0.670. The molecule has 0 spiro atoms. The van der Waals surface area contributed by atoms with Crippen LogP contribution in [0.25, 0.3) is 0 Å². The van der Waals surface area contributed by atoms with Gasteiger partial charge in [0.15, 0.2) is 0 Å². The van der Waals surface area contributed by atoms with Gasteiger partial charge in [0.1, 0.15) is 17.5 Å². The number of nitrogens with one attached hydrogen (secondary N) is 1. The van der Waals surface area contributed by atoms with Gasteiger partial charge in [0, 0.05) is 11.8 Å². The first-order chi connectivity index (χ1) is 10.1. The smallest absolute Gasteiger partial charge is 0.244 e. The van der Waals surface area contributed by atoms with Gasteiger partial charge in [0.25, 0.3) is 0 Å². The number of benzene rings is 2. The van der Waals surface area contributed by atoms with Crippen LogP contribution < -0.4 is 20.5 Å². The zero-order chi connectivity index (χ0) is 15.2. The molecule has 0 fully saturated rings. The molecule has 0 saturated heterocycles. The molecule has 0 saturated carbocycles. The van der Waals surface area contributed by atoms with Gasteiger partial charge in [0.05, 0.1) is 14.2 Å². The fraction of sp³-hybridized carbons (Fsp3) is 0.188. The van der Waals surface area contributed by atoms with Gasteiger partial charge < -0.3 is 20.5 Å². The lowest BCUT2D eigenvalue weighted by atomic mass is 10.0. The molecular formula is C16H18N2O3. The van der Waals surface area contributed by atoms with Crippen LogP contribution in [0.15, 0.2) is 48.5 Å². The number of para-hydroxylation sites is 1. The summed E-state index contributed by atoms with van der Waals surface area (Å²) in [4.78, 5) is 11.8. The maximum atomic E-state index is 11.8. The molecule has 2 aromatic carbocycles. The lowest BCUT2D eigenvalue weighted by molar-refractivity contribution is -0.118. The first-order valence-corrected chi connectivity index (χ1v) is 6.48. The van der Waals surface area contributed by atoms with Crippen LogP contribution in [0.5, 0.6) is 11.5 Å². The van der Waals surface area contributed by atoms with E-state index < -0.39 is 11.9 Å². The molecule has 21 heavy (non-hydrogen) atoms. The second-order valence-electron chi connectivity index (χ2n) is 4.49. The van der Waals surface area contributed by atoms with E-state index in [1.165, 1.54) is 0 Å². The van der Waals surface area contributed by atoms with E-state index in [1.54, 1.807) is 32.4 Å². The third-order valence-corrected chi connectivity index (χ3v) is 3.08. The molecule has 2 aromatic rings. The summed E-state index contributed by atoms with van der Waals surface area (Å²) < 4.78 is 10.4. The molecule has 2 rings (SSSR count). The molecule has 5 nitrogen and oxygen atoms in total. The Balaban J connectivity index is 2.36. The largest absolute Gasteiger partial charge is 0.497 e. The topological polar surface area (TPSA) is 73.6 Å². The molecule has 0 radical (unpaired) electrons. The second kappa shape index (κ2) is 6.65. The molecule has 5 heteroatoms. The Morgan fingerprint density at radius 2 is 1.62 bits per heavy atom. The molecule has 0 aromatic heterocycles. The van der Waals surface area contributed by atoms with Crippen molar-refractivity contribution in [3.63, 3.8) is 0 Å². The standard InChI is InChI=1S/C16H18N2O3/c1-20-13-8-11(9-14(10-13)21-2)15(16(17)19)18-12-6-4-3-5-7-12/h3-10,15,18H,1-2H3,(H2,17,19). The fourth-order valence-corrected chi connectivity index (χ4v) is 2.02. The average molecular weight is 286 g/mol. The number of nitrogens with two attached hydrogens (primary N) is 1. The van der Waals surface area contributed by atoms with E-state index >= 15 is 0 Å². The Morgan fingerprint density at radius 1 is 1.05 bits per heavy atom. The highest BCUT2D eigenvalue weighted by atomic mass is 16.5. The number of hydrogen-bond donors (Lipinski definition) is 2. The van der Waals surface area contributed by atoms with E-state index in [0.29, 0.717) is 17.1 Å². The maximum Gasteiger partial charge on any atom is 0.244 e. The van der Waals surface area contributed by atoms with Crippen molar-refractivity contribution in [2.75, 3.05) is 19.5 Å². The third kappa shape index (κ3) is 3.66. The Morgan fingerprint density at radius 3 is 2.10 bits per heavy atom. The van der Waals surface area contributed by atoms with E-state index in [9.17, 15) is 4.79 Å². The van der Waals surface area contributed by atoms with Crippen LogP contribution in [-0.4, -0.2) is 20.1 Å². The van der Waals surface area contributed by atoms with Gasteiger partial charge in [-0.3, -0.25) is 4.79 Å². The van der Waals surface area contributed by atoms with Crippen LogP contribution in [0.1, 0.15) is 11.6 Å². The summed E-state index contributed by atoms with van der Waals surface area (Å²) in [5.74, 6) is 0.727. The predicted octanol–water partition coefficient (Wildman–Crippen LogP) is 2.34. The van der Waals surface area contributed by atoms with Gasteiger partial charge in [-0.1, -0.05) is 18.2 Å². The van der Waals surface area contributed by atoms with Crippen molar-refractivity contribution in [3.05, 3.63) is 54.1 Å². The van der Waals surface area contributed by atoms with E-state index in [1.807, 2.05) is 30.3 Å². The Labute approximate surface area is 123 Å². The van der Waals surface area contributed by atoms with Gasteiger partial charge in [-0.2, -0.15) is 0 Å². The predicted molar refractivity (Wildman–Crippen MR) is 81.5 cm³/mol. The van der Waals surface area contributed by atoms with Crippen molar-refractivity contribution < 1.29 is 14.3 Å². The van der Waals surface area contributed by atoms with E-state index in [4.69, 9.17) is 15.2 Å². The van der Waals surface area contributed by atoms with Crippen molar-refractivity contribution in [1.29, 1.82) is 0 Å². The Kier molecular flexibility index (Phi) is 4.66. The van der Waals surface area contributed by atoms with Gasteiger partial charge >= 0.3 is 0 Å². The highest BCUT2D eigenvalue weighted by Gasteiger charge is 2.19. The molecule has 0 bridgehead atoms. The van der Waals surface area contributed by atoms with Gasteiger partial charge in [-0.05, 0) is 29.8 Å². The first kappa shape index (κ1) is 14.7. The quantitative estimate of drug-likeness (QED) is 0.855. The summed E-state index contributed by atoms with van der Waals surface area (Å²) in [7, 11) is 3.12. The molecule has 0 heterocycles. The molecule has 3 N–H and O–H groups in total. The summed E-state index contributed by atoms with van der Waals surface area (Å²) in [5.41, 5.74) is 7.01. The summed E-state index contributed by atoms with van der Waals surface area (Å²) in [6, 6.07) is 14.0. The number of methoxy groups -OCH3 is 2. The number of anilines is 1. The van der Waals surface area contributed by atoms with Crippen LogP contribution >= 0.6 is 0 Å². The minimum absolute atomic E-state index is 0.478. The fourth-order valence-electron chi connectivity index (χ4n) is 2.02. The number of carbonyl (C=O) groups excluding carboxylic acids is 1. The second-order valence-corrected chi connectivity index (χ2v) is 4.49. The average Bonchev–Trinajstić information content (AvgIpc) is 2.52. The normalized spacial score (nSPS) is 11.5. The maximum absolute atomic E-state index is 11.8. The summed E-state index contributed by atoms with van der Waals surface area (Å²) in [5, 5.41) is 3.11. The van der Waals surface area contributed by atoms with Crippen LogP contribution in [0, 0.1) is 0 Å². The molecule has 1 amide bonds. The number of hydrogen-bond acceptors (Lipinski definition) is 4. The zero-order valence-corrected chi connectivity index (χ0v) is 12.0. The van der Waals surface area contributed by atoms with E-state index in [-0.39, 0.29) is 0 Å². The molecule has 1 atom stereocenters. The lowest BCUT2D eigenvalue weighted by Crippen LogP contribution is -2.27. The number of carbonyl (C=O) groups is 1. The van der Waals surface area contributed by atoms with Gasteiger partial charge in [-0.15, -0.1) is 0 Å². The van der Waals surface area contributed by atoms with Crippen LogP contribution in [0.4, 0.5) is 5.69 Å². The van der Waals surface area contributed by atoms with Gasteiger partial charge in [-0.25, -0.2) is 0 Å². The van der Waals surface area contributed by atoms with Crippen molar-refractivity contribution in [2.45, 2.75) is 6.04 Å². The molecular weight excluding hydrogens is 268 g/mol. The van der Waals surface area contributed by atoms with Crippen molar-refractivity contribution >= 4 is 11.6 Å². The minimum Gasteiger partial charge on any atom is -0.497 e. The van der Waals surface area contributed by atoms with E-state index in [0.717, 1.165) is 5.69 Å². The summed E-state index contributed by atoms with van der Waals surface area (Å²) in [6.07, 6.45) is 0. The SMILES string of the molecule is COc1cc(OC)cc(C(Nc2ccccc2)C(N)=O)c1. The van der Waals surface area contributed by atoms with Crippen molar-refractivity contribution in [1.82, 2.24) is 0 Å². The Bertz CT molecular complexity index is 592.